The number of methoxy groups -OCH3 is 2. The molecular formula is C21H25N2O5S3+. The molecule has 31 heavy (non-hydrogen) atoms. The third kappa shape index (κ3) is 4.83. The number of hydrogen-bond acceptors (Lipinski definition) is 7. The Bertz CT molecular complexity index is 1150. The summed E-state index contributed by atoms with van der Waals surface area (Å²) < 4.78 is 44.6. The Hall–Kier alpha value is -1.85. The van der Waals surface area contributed by atoms with Crippen molar-refractivity contribution in [1.29, 1.82) is 0 Å². The van der Waals surface area contributed by atoms with E-state index in [9.17, 15) is 8.42 Å². The zero-order valence-electron chi connectivity index (χ0n) is 17.6. The smallest absolute Gasteiger partial charge is 0.265 e. The van der Waals surface area contributed by atoms with Gasteiger partial charge in [0.1, 0.15) is 10.6 Å². The fourth-order valence-corrected chi connectivity index (χ4v) is 6.51. The van der Waals surface area contributed by atoms with E-state index in [1.165, 1.54) is 0 Å². The van der Waals surface area contributed by atoms with E-state index in [1.54, 1.807) is 37.3 Å². The average Bonchev–Trinajstić information content (AvgIpc) is 3.24. The van der Waals surface area contributed by atoms with Gasteiger partial charge < -0.3 is 14.4 Å². The van der Waals surface area contributed by atoms with Crippen LogP contribution in [-0.4, -0.2) is 46.1 Å². The molecule has 0 saturated heterocycles. The number of benzene rings is 1. The summed E-state index contributed by atoms with van der Waals surface area (Å²) in [5.41, 5.74) is 2.22. The first-order chi connectivity index (χ1) is 14.8. The van der Waals surface area contributed by atoms with E-state index in [4.69, 9.17) is 14.0 Å². The minimum atomic E-state index is -3.99. The van der Waals surface area contributed by atoms with Crippen molar-refractivity contribution in [3.63, 3.8) is 0 Å². The normalized spacial score (nSPS) is 19.0. The molecule has 7 nitrogen and oxygen atoms in total. The Morgan fingerprint density at radius 1 is 1.35 bits per heavy atom. The van der Waals surface area contributed by atoms with Gasteiger partial charge >= 0.3 is 0 Å². The van der Waals surface area contributed by atoms with Crippen molar-refractivity contribution in [3.8, 4) is 5.75 Å². The molecule has 0 bridgehead atoms. The Morgan fingerprint density at radius 3 is 2.87 bits per heavy atom. The highest BCUT2D eigenvalue weighted by Crippen LogP contribution is 2.47. The van der Waals surface area contributed by atoms with Gasteiger partial charge in [-0.25, -0.2) is 0 Å². The molecule has 0 saturated carbocycles. The van der Waals surface area contributed by atoms with Crippen molar-refractivity contribution in [3.05, 3.63) is 44.9 Å². The van der Waals surface area contributed by atoms with Crippen LogP contribution in [0.2, 0.25) is 0 Å². The summed E-state index contributed by atoms with van der Waals surface area (Å²) in [6, 6.07) is 6.04. The number of ether oxygens (including phenoxy) is 2. The predicted octanol–water partition coefficient (Wildman–Crippen LogP) is 3.45. The minimum absolute atomic E-state index is 0.00400. The van der Waals surface area contributed by atoms with E-state index in [0.717, 1.165) is 43.4 Å². The first-order valence-electron chi connectivity index (χ1n) is 9.82. The van der Waals surface area contributed by atoms with Gasteiger partial charge in [0.05, 0.1) is 42.2 Å². The second kappa shape index (κ2) is 8.95. The molecule has 1 aromatic heterocycles. The highest BCUT2D eigenvalue weighted by atomic mass is 32.2. The van der Waals surface area contributed by atoms with Crippen LogP contribution >= 0.6 is 23.1 Å². The van der Waals surface area contributed by atoms with Crippen LogP contribution in [0.1, 0.15) is 22.0 Å². The molecule has 2 aliphatic rings. The molecule has 0 radical (unpaired) electrons. The van der Waals surface area contributed by atoms with Gasteiger partial charge in [0.15, 0.2) is 6.54 Å². The molecule has 0 amide bonds. The zero-order valence-corrected chi connectivity index (χ0v) is 20.0. The summed E-state index contributed by atoms with van der Waals surface area (Å²) in [5, 5.41) is 2.12. The van der Waals surface area contributed by atoms with E-state index in [1.807, 2.05) is 19.2 Å². The van der Waals surface area contributed by atoms with Crippen LogP contribution in [0.5, 0.6) is 5.75 Å². The number of rotatable bonds is 7. The first kappa shape index (κ1) is 22.3. The fraction of sp³-hybridized carbons (Fsp3) is 0.381. The Kier molecular flexibility index (Phi) is 6.45. The van der Waals surface area contributed by atoms with Crippen molar-refractivity contribution in [1.82, 2.24) is 0 Å². The van der Waals surface area contributed by atoms with Gasteiger partial charge in [-0.1, -0.05) is 29.2 Å². The lowest BCUT2D eigenvalue weighted by Crippen LogP contribution is -2.41. The van der Waals surface area contributed by atoms with Crippen molar-refractivity contribution in [2.24, 2.45) is 0 Å². The summed E-state index contributed by atoms with van der Waals surface area (Å²) in [7, 11) is 1.39. The lowest BCUT2D eigenvalue weighted by atomic mass is 10.1. The molecule has 1 N–H and O–H groups in total. The third-order valence-electron chi connectivity index (χ3n) is 5.35. The number of aromatic nitrogens is 1. The summed E-state index contributed by atoms with van der Waals surface area (Å²) in [6.45, 7) is 0.504. The van der Waals surface area contributed by atoms with Gasteiger partial charge in [0.25, 0.3) is 15.1 Å². The van der Waals surface area contributed by atoms with Gasteiger partial charge in [-0.15, -0.1) is 0 Å². The Labute approximate surface area is 190 Å². The maximum Gasteiger partial charge on any atom is 0.265 e. The molecule has 2 aromatic rings. The Morgan fingerprint density at radius 2 is 2.16 bits per heavy atom. The van der Waals surface area contributed by atoms with E-state index in [0.29, 0.717) is 13.0 Å². The molecule has 1 unspecified atom stereocenters. The molecule has 166 valence electrons. The largest absolute Gasteiger partial charge is 0.497 e. The number of nitrogens with zero attached hydrogens (tertiary/aromatic N) is 2. The van der Waals surface area contributed by atoms with Gasteiger partial charge in [-0.05, 0) is 18.2 Å². The summed E-state index contributed by atoms with van der Waals surface area (Å²) in [5.74, 6) is 0.555. The van der Waals surface area contributed by atoms with Crippen LogP contribution in [0.4, 0.5) is 5.69 Å². The van der Waals surface area contributed by atoms with E-state index >= 15 is 0 Å². The molecule has 0 fully saturated rings. The van der Waals surface area contributed by atoms with Crippen LogP contribution in [0.15, 0.2) is 34.2 Å². The quantitative estimate of drug-likeness (QED) is 0.479. The number of hydrogen-bond donors (Lipinski definition) is 1. The fourth-order valence-electron chi connectivity index (χ4n) is 3.71. The predicted molar refractivity (Wildman–Crippen MR) is 124 cm³/mol. The van der Waals surface area contributed by atoms with Crippen molar-refractivity contribution in [2.75, 3.05) is 31.9 Å². The van der Waals surface area contributed by atoms with Crippen molar-refractivity contribution >= 4 is 51.1 Å². The third-order valence-corrected chi connectivity index (χ3v) is 8.46. The van der Waals surface area contributed by atoms with Crippen LogP contribution in [0.25, 0.3) is 12.2 Å². The number of thiazole rings is 1. The maximum atomic E-state index is 11.2. The molecule has 1 aliphatic carbocycles. The van der Waals surface area contributed by atoms with Gasteiger partial charge in [0, 0.05) is 31.5 Å². The summed E-state index contributed by atoms with van der Waals surface area (Å²) >= 11 is 3.37. The van der Waals surface area contributed by atoms with Gasteiger partial charge in [0.2, 0.25) is 5.69 Å². The van der Waals surface area contributed by atoms with Crippen molar-refractivity contribution in [2.45, 2.75) is 30.4 Å². The Balaban J connectivity index is 1.68. The second-order valence-corrected chi connectivity index (χ2v) is 11.1. The molecule has 1 atom stereocenters. The molecule has 10 heteroatoms. The molecule has 2 heterocycles. The SMILES string of the molecule is COc1ccc2c(c1)N(C)C(=Cc1sc3c([n+]1CCCS(=O)(=O)O)CC(OC)C=C3)S2. The minimum Gasteiger partial charge on any atom is -0.497 e. The summed E-state index contributed by atoms with van der Waals surface area (Å²) in [4.78, 5) is 4.45. The van der Waals surface area contributed by atoms with E-state index < -0.39 is 10.1 Å². The zero-order chi connectivity index (χ0) is 22.2. The van der Waals surface area contributed by atoms with Crippen LogP contribution in [0.3, 0.4) is 0 Å². The molecule has 0 spiro atoms. The topological polar surface area (TPSA) is 80.0 Å². The van der Waals surface area contributed by atoms with Crippen LogP contribution in [0, 0.1) is 0 Å². The first-order valence-corrected chi connectivity index (χ1v) is 13.1. The number of anilines is 1. The number of thioether (sulfide) groups is 1. The lowest BCUT2D eigenvalue weighted by Gasteiger charge is -2.14. The van der Waals surface area contributed by atoms with Gasteiger partial charge in [-0.2, -0.15) is 13.0 Å². The van der Waals surface area contributed by atoms with Crippen molar-refractivity contribution < 1.29 is 27.0 Å². The molecule has 1 aliphatic heterocycles. The molecule has 1 aromatic carbocycles. The highest BCUT2D eigenvalue weighted by molar-refractivity contribution is 8.03. The van der Waals surface area contributed by atoms with E-state index in [2.05, 4.69) is 33.8 Å². The van der Waals surface area contributed by atoms with E-state index in [-0.39, 0.29) is 11.9 Å². The highest BCUT2D eigenvalue weighted by Gasteiger charge is 2.31. The monoisotopic (exact) mass is 481 g/mol. The van der Waals surface area contributed by atoms with Crippen LogP contribution in [-0.2, 0) is 27.8 Å². The summed E-state index contributed by atoms with van der Waals surface area (Å²) in [6.07, 6.45) is 7.33. The lowest BCUT2D eigenvalue weighted by molar-refractivity contribution is -0.701. The second-order valence-electron chi connectivity index (χ2n) is 7.36. The van der Waals surface area contributed by atoms with Crippen LogP contribution < -0.4 is 14.2 Å². The van der Waals surface area contributed by atoms with Gasteiger partial charge in [-0.3, -0.25) is 4.55 Å². The maximum absolute atomic E-state index is 11.2. The average molecular weight is 482 g/mol. The molecular weight excluding hydrogens is 456 g/mol. The number of fused-ring (bicyclic) bond motifs is 2. The standard InChI is InChI=1S/C21H24N2O5S3/c1-22-16-11-14(27-2)5-7-18(16)29-20(22)13-21-23(9-4-10-31(24,25)26)17-12-15(28-3)6-8-19(17)30-21/h5-8,11,13,15H,4,9-10,12H2,1-3H3/p+1. The molecule has 4 rings (SSSR count).